The summed E-state index contributed by atoms with van der Waals surface area (Å²) < 4.78 is 0. The number of rotatable bonds is 3. The van der Waals surface area contributed by atoms with Gasteiger partial charge in [-0.25, -0.2) is 9.97 Å². The monoisotopic (exact) mass is 378 g/mol. The van der Waals surface area contributed by atoms with Crippen LogP contribution in [0.1, 0.15) is 24.2 Å². The first-order valence-electron chi connectivity index (χ1n) is 8.25. The molecule has 7 heteroatoms. The highest BCUT2D eigenvalue weighted by Gasteiger charge is 2.27. The van der Waals surface area contributed by atoms with Gasteiger partial charge in [-0.15, -0.1) is 0 Å². The first-order chi connectivity index (χ1) is 11.9. The van der Waals surface area contributed by atoms with Gasteiger partial charge >= 0.3 is 0 Å². The molecule has 1 atom stereocenters. The van der Waals surface area contributed by atoms with E-state index in [1.54, 1.807) is 18.2 Å². The van der Waals surface area contributed by atoms with E-state index >= 15 is 0 Å². The zero-order valence-corrected chi connectivity index (χ0v) is 15.7. The summed E-state index contributed by atoms with van der Waals surface area (Å²) in [7, 11) is 0. The van der Waals surface area contributed by atoms with Crippen molar-refractivity contribution in [3.8, 4) is 0 Å². The molecule has 132 valence electrons. The van der Waals surface area contributed by atoms with Gasteiger partial charge in [0, 0.05) is 30.2 Å². The minimum Gasteiger partial charge on any atom is -0.340 e. The maximum atomic E-state index is 12.6. The standard InChI is InChI=1S/C18H20Cl2N4O/c1-11-8-12(2)22-18(21-11)24-7-3-4-13(10-24)17(25)23-14-5-6-15(19)16(20)9-14/h5-6,8-9,13H,3-4,7,10H2,1-2H3,(H,23,25)/t13-/m0/s1. The molecule has 0 saturated carbocycles. The lowest BCUT2D eigenvalue weighted by molar-refractivity contribution is -0.120. The highest BCUT2D eigenvalue weighted by molar-refractivity contribution is 6.42. The average Bonchev–Trinajstić information content (AvgIpc) is 2.57. The van der Waals surface area contributed by atoms with Gasteiger partial charge in [-0.05, 0) is 51.0 Å². The van der Waals surface area contributed by atoms with Gasteiger partial charge < -0.3 is 10.2 Å². The van der Waals surface area contributed by atoms with E-state index in [1.807, 2.05) is 19.9 Å². The van der Waals surface area contributed by atoms with Crippen molar-refractivity contribution in [2.24, 2.45) is 5.92 Å². The Hall–Kier alpha value is -1.85. The number of amides is 1. The number of aromatic nitrogens is 2. The van der Waals surface area contributed by atoms with Crippen LogP contribution >= 0.6 is 23.2 Å². The predicted octanol–water partition coefficient (Wildman–Crippen LogP) is 4.26. The smallest absolute Gasteiger partial charge is 0.229 e. The van der Waals surface area contributed by atoms with Gasteiger partial charge in [0.25, 0.3) is 0 Å². The number of nitrogens with zero attached hydrogens (tertiary/aromatic N) is 3. The lowest BCUT2D eigenvalue weighted by atomic mass is 9.97. The van der Waals surface area contributed by atoms with Gasteiger partial charge in [0.1, 0.15) is 0 Å². The van der Waals surface area contributed by atoms with Gasteiger partial charge in [0.05, 0.1) is 16.0 Å². The molecule has 0 aliphatic carbocycles. The number of carbonyl (C=O) groups is 1. The Kier molecular flexibility index (Phi) is 5.45. The average molecular weight is 379 g/mol. The van der Waals surface area contributed by atoms with E-state index in [0.29, 0.717) is 28.2 Å². The summed E-state index contributed by atoms with van der Waals surface area (Å²) in [5.74, 6) is 0.560. The summed E-state index contributed by atoms with van der Waals surface area (Å²) >= 11 is 11.9. The van der Waals surface area contributed by atoms with Crippen LogP contribution in [0.4, 0.5) is 11.6 Å². The predicted molar refractivity (Wildman–Crippen MR) is 102 cm³/mol. The Morgan fingerprint density at radius 3 is 2.56 bits per heavy atom. The maximum Gasteiger partial charge on any atom is 0.229 e. The normalized spacial score (nSPS) is 17.4. The van der Waals surface area contributed by atoms with E-state index in [0.717, 1.165) is 30.8 Å². The van der Waals surface area contributed by atoms with Crippen molar-refractivity contribution in [1.29, 1.82) is 0 Å². The van der Waals surface area contributed by atoms with Crippen molar-refractivity contribution in [2.45, 2.75) is 26.7 Å². The number of hydrogen-bond donors (Lipinski definition) is 1. The molecule has 5 nitrogen and oxygen atoms in total. The highest BCUT2D eigenvalue weighted by atomic mass is 35.5. The fourth-order valence-electron chi connectivity index (χ4n) is 3.04. The molecule has 0 radical (unpaired) electrons. The van der Waals surface area contributed by atoms with Crippen LogP contribution in [0.25, 0.3) is 0 Å². The molecule has 3 rings (SSSR count). The van der Waals surface area contributed by atoms with E-state index in [2.05, 4.69) is 20.2 Å². The number of carbonyl (C=O) groups excluding carboxylic acids is 1. The number of anilines is 2. The maximum absolute atomic E-state index is 12.6. The second-order valence-corrected chi connectivity index (χ2v) is 7.17. The molecule has 1 aliphatic heterocycles. The molecular weight excluding hydrogens is 359 g/mol. The number of hydrogen-bond acceptors (Lipinski definition) is 4. The van der Waals surface area contributed by atoms with Crippen molar-refractivity contribution in [2.75, 3.05) is 23.3 Å². The topological polar surface area (TPSA) is 58.1 Å². The van der Waals surface area contributed by atoms with Crippen molar-refractivity contribution in [3.63, 3.8) is 0 Å². The largest absolute Gasteiger partial charge is 0.340 e. The van der Waals surface area contributed by atoms with Crippen LogP contribution in [0.15, 0.2) is 24.3 Å². The first-order valence-corrected chi connectivity index (χ1v) is 9.01. The zero-order valence-electron chi connectivity index (χ0n) is 14.2. The second kappa shape index (κ2) is 7.58. The van der Waals surface area contributed by atoms with Crippen molar-refractivity contribution in [1.82, 2.24) is 9.97 Å². The highest BCUT2D eigenvalue weighted by Crippen LogP contribution is 2.26. The van der Waals surface area contributed by atoms with Gasteiger partial charge in [-0.3, -0.25) is 4.79 Å². The lowest BCUT2D eigenvalue weighted by Crippen LogP contribution is -2.41. The van der Waals surface area contributed by atoms with Crippen LogP contribution in [0.3, 0.4) is 0 Å². The van der Waals surface area contributed by atoms with E-state index in [9.17, 15) is 4.79 Å². The van der Waals surface area contributed by atoms with E-state index in [4.69, 9.17) is 23.2 Å². The zero-order chi connectivity index (χ0) is 18.0. The number of aryl methyl sites for hydroxylation is 2. The third-order valence-electron chi connectivity index (χ3n) is 4.23. The molecule has 1 saturated heterocycles. The second-order valence-electron chi connectivity index (χ2n) is 6.35. The summed E-state index contributed by atoms with van der Waals surface area (Å²) in [6.45, 7) is 5.38. The number of piperidine rings is 1. The minimum absolute atomic E-state index is 0.0209. The quantitative estimate of drug-likeness (QED) is 0.866. The van der Waals surface area contributed by atoms with Crippen molar-refractivity contribution in [3.05, 3.63) is 45.7 Å². The van der Waals surface area contributed by atoms with Crippen molar-refractivity contribution >= 4 is 40.7 Å². The minimum atomic E-state index is -0.118. The molecule has 2 aromatic rings. The Balaban J connectivity index is 1.69. The Bertz CT molecular complexity index is 776. The van der Waals surface area contributed by atoms with E-state index in [-0.39, 0.29) is 11.8 Å². The van der Waals surface area contributed by atoms with Crippen LogP contribution in [0.5, 0.6) is 0 Å². The molecule has 1 N–H and O–H groups in total. The third kappa shape index (κ3) is 4.41. The molecular formula is C18H20Cl2N4O. The Morgan fingerprint density at radius 1 is 1.16 bits per heavy atom. The molecule has 1 aliphatic rings. The van der Waals surface area contributed by atoms with Gasteiger partial charge in [-0.2, -0.15) is 0 Å². The summed E-state index contributed by atoms with van der Waals surface area (Å²) in [4.78, 5) is 23.7. The van der Waals surface area contributed by atoms with Gasteiger partial charge in [-0.1, -0.05) is 23.2 Å². The number of halogens is 2. The third-order valence-corrected chi connectivity index (χ3v) is 4.97. The first kappa shape index (κ1) is 18.0. The van der Waals surface area contributed by atoms with Crippen LogP contribution in [-0.4, -0.2) is 29.0 Å². The summed E-state index contributed by atoms with van der Waals surface area (Å²) in [5.41, 5.74) is 2.52. The van der Waals surface area contributed by atoms with Crippen LogP contribution in [-0.2, 0) is 4.79 Å². The molecule has 1 aromatic carbocycles. The van der Waals surface area contributed by atoms with Crippen LogP contribution < -0.4 is 10.2 Å². The van der Waals surface area contributed by atoms with E-state index in [1.165, 1.54) is 0 Å². The molecule has 25 heavy (non-hydrogen) atoms. The number of nitrogens with one attached hydrogen (secondary N) is 1. The van der Waals surface area contributed by atoms with Crippen LogP contribution in [0, 0.1) is 19.8 Å². The lowest BCUT2D eigenvalue weighted by Gasteiger charge is -2.32. The number of benzene rings is 1. The Morgan fingerprint density at radius 2 is 1.88 bits per heavy atom. The van der Waals surface area contributed by atoms with Crippen molar-refractivity contribution < 1.29 is 4.79 Å². The summed E-state index contributed by atoms with van der Waals surface area (Å²) in [5, 5.41) is 3.82. The molecule has 0 spiro atoms. The van der Waals surface area contributed by atoms with E-state index < -0.39 is 0 Å². The summed E-state index contributed by atoms with van der Waals surface area (Å²) in [6, 6.07) is 7.03. The summed E-state index contributed by atoms with van der Waals surface area (Å²) in [6.07, 6.45) is 1.77. The molecule has 0 bridgehead atoms. The molecule has 0 unspecified atom stereocenters. The molecule has 2 heterocycles. The molecule has 1 amide bonds. The van der Waals surface area contributed by atoms with Crippen LogP contribution in [0.2, 0.25) is 10.0 Å². The Labute approximate surface area is 157 Å². The molecule has 1 fully saturated rings. The SMILES string of the molecule is Cc1cc(C)nc(N2CCC[C@H](C(=O)Nc3ccc(Cl)c(Cl)c3)C2)n1. The fourth-order valence-corrected chi connectivity index (χ4v) is 3.34. The fraction of sp³-hybridized carbons (Fsp3) is 0.389. The molecule has 1 aromatic heterocycles. The van der Waals surface area contributed by atoms with Gasteiger partial charge in [0.2, 0.25) is 11.9 Å². The van der Waals surface area contributed by atoms with Gasteiger partial charge in [0.15, 0.2) is 0 Å².